The molecule has 2 N–H and O–H groups in total. The van der Waals surface area contributed by atoms with Gasteiger partial charge in [-0.2, -0.15) is 0 Å². The van der Waals surface area contributed by atoms with E-state index in [0.717, 1.165) is 18.2 Å². The fraction of sp³-hybridized carbons (Fsp3) is 0.0714. The minimum atomic E-state index is -1.18. The summed E-state index contributed by atoms with van der Waals surface area (Å²) in [5.74, 6) is -2.32. The molecule has 2 rings (SSSR count). The van der Waals surface area contributed by atoms with Crippen molar-refractivity contribution in [2.45, 2.75) is 6.54 Å². The molecular weight excluding hydrogens is 279 g/mol. The second-order valence-corrected chi connectivity index (χ2v) is 4.08. The van der Waals surface area contributed by atoms with Gasteiger partial charge in [-0.1, -0.05) is 11.2 Å². The van der Waals surface area contributed by atoms with Gasteiger partial charge in [-0.05, 0) is 18.2 Å². The van der Waals surface area contributed by atoms with Crippen molar-refractivity contribution in [3.8, 4) is 0 Å². The highest BCUT2D eigenvalue weighted by molar-refractivity contribution is 5.94. The lowest BCUT2D eigenvalue weighted by Crippen LogP contribution is -2.23. The molecule has 1 aromatic heterocycles. The largest absolute Gasteiger partial charge is 0.478 e. The van der Waals surface area contributed by atoms with Gasteiger partial charge in [0, 0.05) is 23.3 Å². The number of halogens is 1. The van der Waals surface area contributed by atoms with Gasteiger partial charge in [-0.3, -0.25) is 4.79 Å². The number of carboxylic acids is 1. The maximum absolute atomic E-state index is 13.7. The molecule has 0 saturated heterocycles. The highest BCUT2D eigenvalue weighted by Gasteiger charge is 2.09. The third-order valence-electron chi connectivity index (χ3n) is 2.59. The molecule has 108 valence electrons. The number of aliphatic carboxylic acids is 1. The topological polar surface area (TPSA) is 92.4 Å². The number of carbonyl (C=O) groups excluding carboxylic acids is 1. The van der Waals surface area contributed by atoms with Crippen LogP contribution in [0.2, 0.25) is 0 Å². The normalized spacial score (nSPS) is 10.7. The lowest BCUT2D eigenvalue weighted by molar-refractivity contribution is -0.131. The fourth-order valence-corrected chi connectivity index (χ4v) is 1.57. The molecule has 0 bridgehead atoms. The summed E-state index contributed by atoms with van der Waals surface area (Å²) in [5.41, 5.74) is 0.763. The molecule has 0 aliphatic carbocycles. The van der Waals surface area contributed by atoms with E-state index in [9.17, 15) is 14.0 Å². The molecule has 0 fully saturated rings. The van der Waals surface area contributed by atoms with Crippen LogP contribution in [0.5, 0.6) is 0 Å². The van der Waals surface area contributed by atoms with E-state index in [4.69, 9.17) is 5.11 Å². The molecule has 0 saturated carbocycles. The number of rotatable bonds is 5. The van der Waals surface area contributed by atoms with Gasteiger partial charge < -0.3 is 14.9 Å². The van der Waals surface area contributed by atoms with E-state index in [2.05, 4.69) is 15.0 Å². The van der Waals surface area contributed by atoms with Gasteiger partial charge in [-0.25, -0.2) is 9.18 Å². The Morgan fingerprint density at radius 3 is 2.81 bits per heavy atom. The highest BCUT2D eigenvalue weighted by Crippen LogP contribution is 2.12. The van der Waals surface area contributed by atoms with Crippen LogP contribution >= 0.6 is 0 Å². The molecule has 1 amide bonds. The van der Waals surface area contributed by atoms with E-state index < -0.39 is 17.7 Å². The van der Waals surface area contributed by atoms with E-state index in [-0.39, 0.29) is 17.7 Å². The Kier molecular flexibility index (Phi) is 4.45. The first-order valence-electron chi connectivity index (χ1n) is 5.94. The Morgan fingerprint density at radius 1 is 1.38 bits per heavy atom. The standard InChI is InChI=1S/C14H11FN2O4/c15-12-7-10(2-1-9(12)3-4-13(18)19)14(20)16-8-11-5-6-21-17-11/h1-7H,8H2,(H,16,20)(H,18,19)/b4-3+. The molecular formula is C14H11FN2O4. The maximum atomic E-state index is 13.7. The van der Waals surface area contributed by atoms with Gasteiger partial charge in [0.1, 0.15) is 17.8 Å². The highest BCUT2D eigenvalue weighted by atomic mass is 19.1. The lowest BCUT2D eigenvalue weighted by Gasteiger charge is -2.04. The zero-order valence-electron chi connectivity index (χ0n) is 10.7. The van der Waals surface area contributed by atoms with E-state index in [1.807, 2.05) is 0 Å². The van der Waals surface area contributed by atoms with Crippen molar-refractivity contribution >= 4 is 18.0 Å². The van der Waals surface area contributed by atoms with Gasteiger partial charge in [0.05, 0.1) is 6.54 Å². The smallest absolute Gasteiger partial charge is 0.328 e. The Bertz CT molecular complexity index is 680. The monoisotopic (exact) mass is 290 g/mol. The van der Waals surface area contributed by atoms with Crippen molar-refractivity contribution in [1.29, 1.82) is 0 Å². The second-order valence-electron chi connectivity index (χ2n) is 4.08. The maximum Gasteiger partial charge on any atom is 0.328 e. The molecule has 1 heterocycles. The van der Waals surface area contributed by atoms with Crippen molar-refractivity contribution in [2.75, 3.05) is 0 Å². The molecule has 0 spiro atoms. The van der Waals surface area contributed by atoms with Gasteiger partial charge in [0.25, 0.3) is 5.91 Å². The summed E-state index contributed by atoms with van der Waals surface area (Å²) in [6.45, 7) is 0.164. The van der Waals surface area contributed by atoms with E-state index >= 15 is 0 Å². The molecule has 2 aromatic rings. The van der Waals surface area contributed by atoms with Crippen LogP contribution in [0.1, 0.15) is 21.6 Å². The van der Waals surface area contributed by atoms with Crippen LogP contribution in [0, 0.1) is 5.82 Å². The number of carboxylic acid groups (broad SMARTS) is 1. The summed E-state index contributed by atoms with van der Waals surface area (Å²) in [4.78, 5) is 22.2. The average molecular weight is 290 g/mol. The summed E-state index contributed by atoms with van der Waals surface area (Å²) in [6, 6.07) is 5.38. The van der Waals surface area contributed by atoms with Gasteiger partial charge >= 0.3 is 5.97 Å². The Hall–Kier alpha value is -2.96. The number of hydrogen-bond acceptors (Lipinski definition) is 4. The van der Waals surface area contributed by atoms with Gasteiger partial charge in [-0.15, -0.1) is 0 Å². The first-order valence-corrected chi connectivity index (χ1v) is 5.94. The van der Waals surface area contributed by atoms with Crippen LogP contribution in [-0.4, -0.2) is 22.1 Å². The zero-order chi connectivity index (χ0) is 15.2. The summed E-state index contributed by atoms with van der Waals surface area (Å²) >= 11 is 0. The molecule has 0 aliphatic rings. The van der Waals surface area contributed by atoms with Crippen LogP contribution in [0.25, 0.3) is 6.08 Å². The number of hydrogen-bond donors (Lipinski definition) is 2. The second kappa shape index (κ2) is 6.47. The number of nitrogens with zero attached hydrogens (tertiary/aromatic N) is 1. The van der Waals surface area contributed by atoms with Crippen molar-refractivity contribution in [2.24, 2.45) is 0 Å². The van der Waals surface area contributed by atoms with Crippen LogP contribution in [0.3, 0.4) is 0 Å². The van der Waals surface area contributed by atoms with Crippen molar-refractivity contribution in [1.82, 2.24) is 10.5 Å². The molecule has 0 aliphatic heterocycles. The van der Waals surface area contributed by atoms with Crippen LogP contribution in [-0.2, 0) is 11.3 Å². The van der Waals surface area contributed by atoms with Crippen molar-refractivity contribution in [3.05, 3.63) is 59.2 Å². The Labute approximate surface area is 118 Å². The Balaban J connectivity index is 2.05. The van der Waals surface area contributed by atoms with Gasteiger partial charge in [0.2, 0.25) is 0 Å². The van der Waals surface area contributed by atoms with Crippen LogP contribution < -0.4 is 5.32 Å². The van der Waals surface area contributed by atoms with Crippen LogP contribution in [0.15, 0.2) is 41.1 Å². The molecule has 21 heavy (non-hydrogen) atoms. The van der Waals surface area contributed by atoms with Crippen LogP contribution in [0.4, 0.5) is 4.39 Å². The van der Waals surface area contributed by atoms with E-state index in [0.29, 0.717) is 5.69 Å². The summed E-state index contributed by atoms with van der Waals surface area (Å²) in [7, 11) is 0. The number of amides is 1. The predicted molar refractivity (Wildman–Crippen MR) is 70.7 cm³/mol. The third-order valence-corrected chi connectivity index (χ3v) is 2.59. The summed E-state index contributed by atoms with van der Waals surface area (Å²) < 4.78 is 18.3. The Morgan fingerprint density at radius 2 is 2.19 bits per heavy atom. The predicted octanol–water partition coefficient (Wildman–Crippen LogP) is 1.84. The van der Waals surface area contributed by atoms with E-state index in [1.165, 1.54) is 18.4 Å². The molecule has 6 nitrogen and oxygen atoms in total. The minimum Gasteiger partial charge on any atom is -0.478 e. The zero-order valence-corrected chi connectivity index (χ0v) is 10.7. The van der Waals surface area contributed by atoms with Crippen molar-refractivity contribution < 1.29 is 23.6 Å². The van der Waals surface area contributed by atoms with Gasteiger partial charge in [0.15, 0.2) is 0 Å². The van der Waals surface area contributed by atoms with E-state index in [1.54, 1.807) is 6.07 Å². The first-order chi connectivity index (χ1) is 10.1. The summed E-state index contributed by atoms with van der Waals surface area (Å²) in [6.07, 6.45) is 3.32. The molecule has 7 heteroatoms. The van der Waals surface area contributed by atoms with Crippen molar-refractivity contribution in [3.63, 3.8) is 0 Å². The molecule has 0 atom stereocenters. The number of benzene rings is 1. The lowest BCUT2D eigenvalue weighted by atomic mass is 10.1. The molecule has 1 aromatic carbocycles. The fourth-order valence-electron chi connectivity index (χ4n) is 1.57. The third kappa shape index (κ3) is 4.00. The average Bonchev–Trinajstić information content (AvgIpc) is 2.96. The number of carbonyl (C=O) groups is 2. The molecule has 0 unspecified atom stereocenters. The first kappa shape index (κ1) is 14.4. The summed E-state index contributed by atoms with van der Waals surface area (Å²) in [5, 5.41) is 14.7. The SMILES string of the molecule is O=C(O)/C=C/c1ccc(C(=O)NCc2ccon2)cc1F. The number of aromatic nitrogens is 1. The molecule has 0 radical (unpaired) electrons. The quantitative estimate of drug-likeness (QED) is 0.820. The number of nitrogens with one attached hydrogen (secondary N) is 1. The minimum absolute atomic E-state index is 0.0884.